The van der Waals surface area contributed by atoms with Gasteiger partial charge in [-0.3, -0.25) is 9.59 Å². The number of nitrogens with zero attached hydrogens (tertiary/aromatic N) is 2. The van der Waals surface area contributed by atoms with Gasteiger partial charge >= 0.3 is 5.97 Å². The van der Waals surface area contributed by atoms with Crippen molar-refractivity contribution in [2.75, 3.05) is 0 Å². The maximum Gasteiger partial charge on any atom is 0.308 e. The fourth-order valence-corrected chi connectivity index (χ4v) is 3.52. The maximum absolute atomic E-state index is 12.7. The number of carbonyl (C=O) groups excluding carboxylic acids is 1. The summed E-state index contributed by atoms with van der Waals surface area (Å²) in [4.78, 5) is 24.1. The normalized spacial score (nSPS) is 20.2. The Hall–Kier alpha value is -2.63. The van der Waals surface area contributed by atoms with Gasteiger partial charge in [-0.05, 0) is 38.3 Å². The smallest absolute Gasteiger partial charge is 0.308 e. The Balaban J connectivity index is 1.82. The molecule has 1 aliphatic rings. The van der Waals surface area contributed by atoms with Crippen molar-refractivity contribution in [2.24, 2.45) is 5.92 Å². The highest BCUT2D eigenvalue weighted by Gasteiger charge is 2.32. The van der Waals surface area contributed by atoms with Gasteiger partial charge in [0.15, 0.2) is 0 Å². The number of benzene rings is 1. The van der Waals surface area contributed by atoms with Crippen molar-refractivity contribution in [2.45, 2.75) is 45.6 Å². The van der Waals surface area contributed by atoms with E-state index in [2.05, 4.69) is 10.4 Å². The topological polar surface area (TPSA) is 84.2 Å². The van der Waals surface area contributed by atoms with Crippen molar-refractivity contribution in [3.05, 3.63) is 47.3 Å². The molecule has 0 radical (unpaired) electrons. The number of aliphatic carboxylic acids is 1. The van der Waals surface area contributed by atoms with Gasteiger partial charge in [0, 0.05) is 6.04 Å². The Morgan fingerprint density at radius 2 is 1.92 bits per heavy atom. The molecule has 2 N–H and O–H groups in total. The zero-order valence-electron chi connectivity index (χ0n) is 14.5. The molecule has 6 heteroatoms. The highest BCUT2D eigenvalue weighted by Crippen LogP contribution is 2.25. The number of aromatic nitrogens is 2. The molecule has 132 valence electrons. The van der Waals surface area contributed by atoms with Crippen molar-refractivity contribution in [1.29, 1.82) is 0 Å². The zero-order valence-corrected chi connectivity index (χ0v) is 14.5. The standard InChI is InChI=1S/C19H23N3O3/c1-12-7-3-6-10-17(12)22-13(2)15(11-20-22)18(23)21-16-9-5-4-8-14(16)19(24)25/h3,6-7,10-11,14,16H,4-5,8-9H2,1-2H3,(H,21,23)(H,24,25)/t14-,16+/m0/s1. The molecule has 1 aromatic carbocycles. The number of nitrogens with one attached hydrogen (secondary N) is 1. The number of amides is 1. The monoisotopic (exact) mass is 341 g/mol. The lowest BCUT2D eigenvalue weighted by molar-refractivity contribution is -0.143. The summed E-state index contributed by atoms with van der Waals surface area (Å²) in [5.74, 6) is -1.60. The minimum absolute atomic E-state index is 0.254. The summed E-state index contributed by atoms with van der Waals surface area (Å²) in [7, 11) is 0. The van der Waals surface area contributed by atoms with Crippen molar-refractivity contribution < 1.29 is 14.7 Å². The van der Waals surface area contributed by atoms with Crippen LogP contribution in [0.3, 0.4) is 0 Å². The van der Waals surface area contributed by atoms with Crippen LogP contribution in [0.1, 0.15) is 47.3 Å². The summed E-state index contributed by atoms with van der Waals surface area (Å²) in [5, 5.41) is 16.6. The van der Waals surface area contributed by atoms with E-state index in [1.807, 2.05) is 38.1 Å². The minimum Gasteiger partial charge on any atom is -0.481 e. The Bertz CT molecular complexity index is 797. The third-order valence-electron chi connectivity index (χ3n) is 5.00. The fraction of sp³-hybridized carbons (Fsp3) is 0.421. The minimum atomic E-state index is -0.836. The van der Waals surface area contributed by atoms with Gasteiger partial charge in [0.2, 0.25) is 0 Å². The number of carboxylic acid groups (broad SMARTS) is 1. The second kappa shape index (κ2) is 7.09. The van der Waals surface area contributed by atoms with Crippen LogP contribution in [0.25, 0.3) is 5.69 Å². The molecular formula is C19H23N3O3. The highest BCUT2D eigenvalue weighted by molar-refractivity contribution is 5.95. The predicted molar refractivity (Wildman–Crippen MR) is 93.9 cm³/mol. The zero-order chi connectivity index (χ0) is 18.0. The number of para-hydroxylation sites is 1. The Morgan fingerprint density at radius 3 is 2.64 bits per heavy atom. The number of hydrogen-bond donors (Lipinski definition) is 2. The summed E-state index contributed by atoms with van der Waals surface area (Å²) >= 11 is 0. The Morgan fingerprint density at radius 1 is 1.20 bits per heavy atom. The van der Waals surface area contributed by atoms with Crippen molar-refractivity contribution >= 4 is 11.9 Å². The molecule has 1 amide bonds. The predicted octanol–water partition coefficient (Wildman–Crippen LogP) is 2.86. The first-order valence-electron chi connectivity index (χ1n) is 8.63. The van der Waals surface area contributed by atoms with Crippen LogP contribution in [0.2, 0.25) is 0 Å². The first-order valence-corrected chi connectivity index (χ1v) is 8.63. The lowest BCUT2D eigenvalue weighted by atomic mass is 9.84. The molecule has 1 aliphatic carbocycles. The molecule has 0 bridgehead atoms. The van der Waals surface area contributed by atoms with E-state index in [4.69, 9.17) is 0 Å². The van der Waals surface area contributed by atoms with Crippen molar-refractivity contribution in [3.63, 3.8) is 0 Å². The summed E-state index contributed by atoms with van der Waals surface area (Å²) in [5.41, 5.74) is 3.23. The average Bonchev–Trinajstić information content (AvgIpc) is 2.97. The van der Waals surface area contributed by atoms with Gasteiger partial charge in [-0.25, -0.2) is 4.68 Å². The molecule has 0 unspecified atom stereocenters. The van der Waals surface area contributed by atoms with Crippen LogP contribution in [-0.2, 0) is 4.79 Å². The third-order valence-corrected chi connectivity index (χ3v) is 5.00. The molecule has 1 fully saturated rings. The molecule has 6 nitrogen and oxygen atoms in total. The molecule has 2 atom stereocenters. The average molecular weight is 341 g/mol. The highest BCUT2D eigenvalue weighted by atomic mass is 16.4. The quantitative estimate of drug-likeness (QED) is 0.895. The molecule has 3 rings (SSSR count). The maximum atomic E-state index is 12.7. The number of hydrogen-bond acceptors (Lipinski definition) is 3. The third kappa shape index (κ3) is 3.43. The van der Waals surface area contributed by atoms with E-state index in [9.17, 15) is 14.7 Å². The van der Waals surface area contributed by atoms with E-state index in [1.165, 1.54) is 0 Å². The summed E-state index contributed by atoms with van der Waals surface area (Å²) < 4.78 is 1.75. The van der Waals surface area contributed by atoms with Crippen LogP contribution in [0.4, 0.5) is 0 Å². The number of carbonyl (C=O) groups is 2. The first-order chi connectivity index (χ1) is 12.0. The van der Waals surface area contributed by atoms with Crippen molar-refractivity contribution in [1.82, 2.24) is 15.1 Å². The second-order valence-corrected chi connectivity index (χ2v) is 6.65. The van der Waals surface area contributed by atoms with Crippen molar-refractivity contribution in [3.8, 4) is 5.69 Å². The van der Waals surface area contributed by atoms with Crippen LogP contribution in [-0.4, -0.2) is 32.8 Å². The summed E-state index contributed by atoms with van der Waals surface area (Å²) in [6.45, 7) is 3.85. The molecule has 0 saturated heterocycles. The van der Waals surface area contributed by atoms with Gasteiger partial charge in [-0.1, -0.05) is 31.0 Å². The molecule has 1 saturated carbocycles. The van der Waals surface area contributed by atoms with Gasteiger partial charge in [0.05, 0.1) is 29.1 Å². The number of carboxylic acids is 1. The first kappa shape index (κ1) is 17.2. The van der Waals surface area contributed by atoms with Gasteiger partial charge in [-0.15, -0.1) is 0 Å². The van der Waals surface area contributed by atoms with E-state index in [0.717, 1.165) is 29.8 Å². The van der Waals surface area contributed by atoms with E-state index in [1.54, 1.807) is 10.9 Å². The molecule has 25 heavy (non-hydrogen) atoms. The van der Waals surface area contributed by atoms with Gasteiger partial charge in [-0.2, -0.15) is 5.10 Å². The largest absolute Gasteiger partial charge is 0.481 e. The van der Waals surface area contributed by atoms with Crippen LogP contribution in [0, 0.1) is 19.8 Å². The van der Waals surface area contributed by atoms with Crippen LogP contribution >= 0.6 is 0 Å². The Kier molecular flexibility index (Phi) is 4.88. The molecule has 2 aromatic rings. The number of rotatable bonds is 4. The molecule has 1 aromatic heterocycles. The van der Waals surface area contributed by atoms with Crippen LogP contribution in [0.5, 0.6) is 0 Å². The van der Waals surface area contributed by atoms with E-state index in [-0.39, 0.29) is 11.9 Å². The Labute approximate surface area is 146 Å². The van der Waals surface area contributed by atoms with Gasteiger partial charge in [0.1, 0.15) is 0 Å². The van der Waals surface area contributed by atoms with Gasteiger partial charge < -0.3 is 10.4 Å². The lowest BCUT2D eigenvalue weighted by Gasteiger charge is -2.29. The fourth-order valence-electron chi connectivity index (χ4n) is 3.52. The van der Waals surface area contributed by atoms with E-state index < -0.39 is 11.9 Å². The summed E-state index contributed by atoms with van der Waals surface area (Å²) in [6.07, 6.45) is 4.70. The number of aryl methyl sites for hydroxylation is 1. The molecule has 1 heterocycles. The molecule has 0 aliphatic heterocycles. The molecular weight excluding hydrogens is 318 g/mol. The molecule has 0 spiro atoms. The van der Waals surface area contributed by atoms with Crippen LogP contribution < -0.4 is 5.32 Å². The van der Waals surface area contributed by atoms with Crippen LogP contribution in [0.15, 0.2) is 30.5 Å². The van der Waals surface area contributed by atoms with E-state index >= 15 is 0 Å². The second-order valence-electron chi connectivity index (χ2n) is 6.65. The summed E-state index contributed by atoms with van der Waals surface area (Å²) in [6, 6.07) is 7.53. The van der Waals surface area contributed by atoms with Gasteiger partial charge in [0.25, 0.3) is 5.91 Å². The SMILES string of the molecule is Cc1ccccc1-n1ncc(C(=O)N[C@@H]2CCCC[C@@H]2C(=O)O)c1C. The van der Waals surface area contributed by atoms with E-state index in [0.29, 0.717) is 18.4 Å². The lowest BCUT2D eigenvalue weighted by Crippen LogP contribution is -2.45.